The Morgan fingerprint density at radius 1 is 1.08 bits per heavy atom. The van der Waals surface area contributed by atoms with Crippen molar-refractivity contribution in [3.63, 3.8) is 0 Å². The van der Waals surface area contributed by atoms with E-state index >= 15 is 0 Å². The van der Waals surface area contributed by atoms with Crippen LogP contribution in [-0.2, 0) is 16.4 Å². The van der Waals surface area contributed by atoms with Crippen LogP contribution in [0.2, 0.25) is 5.02 Å². The van der Waals surface area contributed by atoms with Crippen LogP contribution in [-0.4, -0.2) is 19.3 Å². The minimum absolute atomic E-state index is 0.113. The molecular weight excluding hydrogens is 354 g/mol. The van der Waals surface area contributed by atoms with Crippen LogP contribution in [0.3, 0.4) is 0 Å². The van der Waals surface area contributed by atoms with Gasteiger partial charge in [-0.2, -0.15) is 4.31 Å². The first kappa shape index (κ1) is 18.4. The normalized spacial score (nSPS) is 18.8. The molecule has 3 nitrogen and oxygen atoms in total. The second-order valence-electron chi connectivity index (χ2n) is 7.07. The van der Waals surface area contributed by atoms with Gasteiger partial charge in [-0.3, -0.25) is 0 Å². The number of sulfonamides is 1. The van der Waals surface area contributed by atoms with Gasteiger partial charge in [-0.15, -0.1) is 0 Å². The third-order valence-electron chi connectivity index (χ3n) is 4.63. The van der Waals surface area contributed by atoms with Crippen LogP contribution in [0.25, 0.3) is 0 Å². The second-order valence-corrected chi connectivity index (χ2v) is 9.39. The van der Waals surface area contributed by atoms with Gasteiger partial charge in [0.2, 0.25) is 10.0 Å². The summed E-state index contributed by atoms with van der Waals surface area (Å²) in [6.07, 6.45) is 2.67. The summed E-state index contributed by atoms with van der Waals surface area (Å²) in [5, 5.41) is 0.664. The van der Waals surface area contributed by atoms with Crippen molar-refractivity contribution < 1.29 is 8.42 Å². The van der Waals surface area contributed by atoms with E-state index in [-0.39, 0.29) is 6.04 Å². The van der Waals surface area contributed by atoms with Crippen LogP contribution in [0.4, 0.5) is 0 Å². The van der Waals surface area contributed by atoms with Crippen molar-refractivity contribution in [2.45, 2.75) is 44.0 Å². The molecule has 0 aliphatic carbocycles. The van der Waals surface area contributed by atoms with E-state index < -0.39 is 10.0 Å². The number of halogens is 1. The molecule has 0 amide bonds. The summed E-state index contributed by atoms with van der Waals surface area (Å²) in [5.74, 6) is 0.551. The number of hydrogen-bond acceptors (Lipinski definition) is 2. The zero-order chi connectivity index (χ0) is 18.0. The van der Waals surface area contributed by atoms with Crippen molar-refractivity contribution in [1.29, 1.82) is 0 Å². The monoisotopic (exact) mass is 377 g/mol. The molecule has 1 aliphatic heterocycles. The lowest BCUT2D eigenvalue weighted by Gasteiger charge is -2.24. The third kappa shape index (κ3) is 4.08. The molecule has 1 heterocycles. The molecule has 5 heteroatoms. The van der Waals surface area contributed by atoms with Crippen molar-refractivity contribution in [2.75, 3.05) is 6.54 Å². The lowest BCUT2D eigenvalue weighted by molar-refractivity contribution is 0.396. The van der Waals surface area contributed by atoms with Gasteiger partial charge in [-0.05, 0) is 60.6 Å². The molecule has 3 rings (SSSR count). The lowest BCUT2D eigenvalue weighted by atomic mass is 10.0. The van der Waals surface area contributed by atoms with E-state index in [1.807, 2.05) is 36.4 Å². The largest absolute Gasteiger partial charge is 0.243 e. The molecule has 1 atom stereocenters. The number of rotatable bonds is 5. The SMILES string of the molecule is CC(C)Cc1ccc(S(=O)(=O)N2CCC[C@@H]2c2ccc(Cl)cc2)cc1. The van der Waals surface area contributed by atoms with Gasteiger partial charge in [0.05, 0.1) is 10.9 Å². The quantitative estimate of drug-likeness (QED) is 0.729. The van der Waals surface area contributed by atoms with Crippen molar-refractivity contribution in [3.05, 3.63) is 64.7 Å². The van der Waals surface area contributed by atoms with Crippen LogP contribution in [0.1, 0.15) is 43.9 Å². The molecule has 2 aromatic carbocycles. The summed E-state index contributed by atoms with van der Waals surface area (Å²) in [7, 11) is -3.49. The zero-order valence-corrected chi connectivity index (χ0v) is 16.2. The van der Waals surface area contributed by atoms with Gasteiger partial charge in [0.25, 0.3) is 0 Å². The standard InChI is InChI=1S/C20H24ClNO2S/c1-15(2)14-16-5-11-19(12-6-16)25(23,24)22-13-3-4-20(22)17-7-9-18(21)10-8-17/h5-12,15,20H,3-4,13-14H2,1-2H3/t20-/m1/s1. The Labute approximate surface area is 155 Å². The summed E-state index contributed by atoms with van der Waals surface area (Å²) in [6, 6.07) is 14.7. The van der Waals surface area contributed by atoms with Crippen molar-refractivity contribution in [3.8, 4) is 0 Å². The molecule has 0 spiro atoms. The van der Waals surface area contributed by atoms with Gasteiger partial charge < -0.3 is 0 Å². The Kier molecular flexibility index (Phi) is 5.52. The van der Waals surface area contributed by atoms with Gasteiger partial charge in [0, 0.05) is 11.6 Å². The second kappa shape index (κ2) is 7.48. The highest BCUT2D eigenvalue weighted by Crippen LogP contribution is 2.36. The molecule has 2 aromatic rings. The highest BCUT2D eigenvalue weighted by molar-refractivity contribution is 7.89. The van der Waals surface area contributed by atoms with Gasteiger partial charge in [-0.25, -0.2) is 8.42 Å². The molecular formula is C20H24ClNO2S. The molecule has 0 saturated carbocycles. The van der Waals surface area contributed by atoms with Gasteiger partial charge >= 0.3 is 0 Å². The van der Waals surface area contributed by atoms with E-state index in [2.05, 4.69) is 13.8 Å². The first-order valence-electron chi connectivity index (χ1n) is 8.74. The summed E-state index contributed by atoms with van der Waals surface area (Å²) in [6.45, 7) is 4.88. The van der Waals surface area contributed by atoms with Crippen LogP contribution < -0.4 is 0 Å². The third-order valence-corrected chi connectivity index (χ3v) is 6.81. The Morgan fingerprint density at radius 2 is 1.72 bits per heavy atom. The Hall–Kier alpha value is -1.36. The van der Waals surface area contributed by atoms with Gasteiger partial charge in [0.1, 0.15) is 0 Å². The van der Waals surface area contributed by atoms with E-state index in [4.69, 9.17) is 11.6 Å². The average molecular weight is 378 g/mol. The van der Waals surface area contributed by atoms with Crippen molar-refractivity contribution in [2.24, 2.45) is 5.92 Å². The molecule has 0 radical (unpaired) electrons. The number of hydrogen-bond donors (Lipinski definition) is 0. The van der Waals surface area contributed by atoms with Crippen LogP contribution >= 0.6 is 11.6 Å². The summed E-state index contributed by atoms with van der Waals surface area (Å²) in [5.41, 5.74) is 2.17. The Morgan fingerprint density at radius 3 is 2.32 bits per heavy atom. The topological polar surface area (TPSA) is 37.4 Å². The highest BCUT2D eigenvalue weighted by Gasteiger charge is 2.36. The average Bonchev–Trinajstić information content (AvgIpc) is 3.06. The predicted molar refractivity (Wildman–Crippen MR) is 102 cm³/mol. The van der Waals surface area contributed by atoms with Gasteiger partial charge in [-0.1, -0.05) is 49.7 Å². The molecule has 1 fully saturated rings. The van der Waals surface area contributed by atoms with Gasteiger partial charge in [0.15, 0.2) is 0 Å². The zero-order valence-electron chi connectivity index (χ0n) is 14.7. The fourth-order valence-corrected chi connectivity index (χ4v) is 5.26. The van der Waals surface area contributed by atoms with E-state index in [0.29, 0.717) is 22.4 Å². The number of benzene rings is 2. The number of nitrogens with zero attached hydrogens (tertiary/aromatic N) is 1. The van der Waals surface area contributed by atoms with E-state index in [1.165, 1.54) is 5.56 Å². The van der Waals surface area contributed by atoms with Crippen LogP contribution in [0.15, 0.2) is 53.4 Å². The smallest absolute Gasteiger partial charge is 0.207 e. The maximum atomic E-state index is 13.1. The molecule has 134 valence electrons. The van der Waals surface area contributed by atoms with Crippen molar-refractivity contribution >= 4 is 21.6 Å². The Balaban J connectivity index is 1.86. The first-order chi connectivity index (χ1) is 11.9. The maximum absolute atomic E-state index is 13.1. The fourth-order valence-electron chi connectivity index (χ4n) is 3.45. The lowest BCUT2D eigenvalue weighted by Crippen LogP contribution is -2.30. The van der Waals surface area contributed by atoms with Crippen molar-refractivity contribution in [1.82, 2.24) is 4.31 Å². The molecule has 1 aliphatic rings. The van der Waals surface area contributed by atoms with E-state index in [0.717, 1.165) is 24.8 Å². The minimum atomic E-state index is -3.49. The summed E-state index contributed by atoms with van der Waals surface area (Å²) in [4.78, 5) is 0.376. The fraction of sp³-hybridized carbons (Fsp3) is 0.400. The molecule has 1 saturated heterocycles. The van der Waals surface area contributed by atoms with Crippen LogP contribution in [0, 0.1) is 5.92 Å². The summed E-state index contributed by atoms with van der Waals surface area (Å²) >= 11 is 5.96. The molecule has 25 heavy (non-hydrogen) atoms. The molecule has 0 N–H and O–H groups in total. The highest BCUT2D eigenvalue weighted by atomic mass is 35.5. The summed E-state index contributed by atoms with van der Waals surface area (Å²) < 4.78 is 27.9. The van der Waals surface area contributed by atoms with E-state index in [9.17, 15) is 8.42 Å². The predicted octanol–water partition coefficient (Wildman–Crippen LogP) is 5.06. The minimum Gasteiger partial charge on any atom is -0.207 e. The molecule has 0 unspecified atom stereocenters. The molecule has 0 bridgehead atoms. The first-order valence-corrected chi connectivity index (χ1v) is 10.6. The molecule has 0 aromatic heterocycles. The maximum Gasteiger partial charge on any atom is 0.243 e. The van der Waals surface area contributed by atoms with E-state index in [1.54, 1.807) is 16.4 Å². The Bertz CT molecular complexity index is 814. The van der Waals surface area contributed by atoms with Crippen LogP contribution in [0.5, 0.6) is 0 Å².